The van der Waals surface area contributed by atoms with Crippen LogP contribution in [0.3, 0.4) is 0 Å². The summed E-state index contributed by atoms with van der Waals surface area (Å²) in [5.41, 5.74) is 1.00. The van der Waals surface area contributed by atoms with Crippen molar-refractivity contribution in [3.05, 3.63) is 42.4 Å². The summed E-state index contributed by atoms with van der Waals surface area (Å²) >= 11 is 0. The van der Waals surface area contributed by atoms with E-state index in [-0.39, 0.29) is 18.1 Å². The van der Waals surface area contributed by atoms with Crippen LogP contribution in [0, 0.1) is 0 Å². The maximum absolute atomic E-state index is 12.6. The zero-order valence-electron chi connectivity index (χ0n) is 13.7. The molecule has 2 fully saturated rings. The molecule has 0 N–H and O–H groups in total. The molecule has 1 aromatic heterocycles. The number of hydrogen-bond acceptors (Lipinski definition) is 4. The summed E-state index contributed by atoms with van der Waals surface area (Å²) in [6, 6.07) is 10.2. The summed E-state index contributed by atoms with van der Waals surface area (Å²) in [6.45, 7) is 1.37. The maximum atomic E-state index is 12.6. The summed E-state index contributed by atoms with van der Waals surface area (Å²) < 4.78 is 11.6. The smallest absolute Gasteiger partial charge is 0.223 e. The Kier molecular flexibility index (Phi) is 4.34. The van der Waals surface area contributed by atoms with Gasteiger partial charge in [0.15, 0.2) is 11.7 Å². The number of aromatic nitrogens is 1. The Morgan fingerprint density at radius 2 is 2.12 bits per heavy atom. The van der Waals surface area contributed by atoms with Crippen LogP contribution >= 0.6 is 0 Å². The summed E-state index contributed by atoms with van der Waals surface area (Å²) in [4.78, 5) is 18.9. The molecular formula is C19H22N2O3. The molecule has 126 valence electrons. The van der Waals surface area contributed by atoms with Crippen LogP contribution in [0.15, 0.2) is 40.9 Å². The molecule has 24 heavy (non-hydrogen) atoms. The third kappa shape index (κ3) is 3.08. The van der Waals surface area contributed by atoms with Gasteiger partial charge in [-0.05, 0) is 19.3 Å². The fourth-order valence-corrected chi connectivity index (χ4v) is 3.75. The fourth-order valence-electron chi connectivity index (χ4n) is 3.75. The minimum atomic E-state index is 0.190. The van der Waals surface area contributed by atoms with E-state index in [1.165, 1.54) is 0 Å². The average Bonchev–Trinajstić information content (AvgIpc) is 3.29. The molecule has 0 bridgehead atoms. The van der Waals surface area contributed by atoms with Crippen molar-refractivity contribution in [3.8, 4) is 11.3 Å². The predicted octanol–water partition coefficient (Wildman–Crippen LogP) is 3.05. The fraction of sp³-hybridized carbons (Fsp3) is 0.474. The molecule has 5 heteroatoms. The van der Waals surface area contributed by atoms with Crippen molar-refractivity contribution in [1.82, 2.24) is 9.88 Å². The van der Waals surface area contributed by atoms with Crippen LogP contribution < -0.4 is 0 Å². The van der Waals surface area contributed by atoms with E-state index in [4.69, 9.17) is 9.15 Å². The highest BCUT2D eigenvalue weighted by atomic mass is 16.5. The van der Waals surface area contributed by atoms with Crippen molar-refractivity contribution in [2.75, 3.05) is 13.2 Å². The molecule has 1 aliphatic heterocycles. The molecule has 1 aromatic carbocycles. The number of rotatable bonds is 4. The average molecular weight is 326 g/mol. The lowest BCUT2D eigenvalue weighted by Gasteiger charge is -2.37. The van der Waals surface area contributed by atoms with E-state index in [0.29, 0.717) is 31.9 Å². The number of benzene rings is 1. The molecule has 2 aromatic rings. The summed E-state index contributed by atoms with van der Waals surface area (Å²) in [7, 11) is 0. The molecule has 0 spiro atoms. The Morgan fingerprint density at radius 1 is 1.25 bits per heavy atom. The molecule has 2 atom stereocenters. The second-order valence-corrected chi connectivity index (χ2v) is 6.48. The molecular weight excluding hydrogens is 304 g/mol. The number of oxazole rings is 1. The number of nitrogens with zero attached hydrogens (tertiary/aromatic N) is 2. The van der Waals surface area contributed by atoms with E-state index < -0.39 is 0 Å². The number of fused-ring (bicyclic) bond motifs is 1. The lowest BCUT2D eigenvalue weighted by molar-refractivity contribution is -0.144. The highest BCUT2D eigenvalue weighted by Crippen LogP contribution is 2.30. The molecule has 1 aliphatic carbocycles. The Morgan fingerprint density at radius 3 is 3.00 bits per heavy atom. The van der Waals surface area contributed by atoms with Gasteiger partial charge in [-0.3, -0.25) is 4.79 Å². The SMILES string of the molecule is O=C(CCc1ncc(-c2ccccc2)o1)N1CCO[C@H]2CCC[C@H]21. The van der Waals surface area contributed by atoms with E-state index in [2.05, 4.69) is 4.98 Å². The molecule has 1 amide bonds. The Balaban J connectivity index is 1.37. The summed E-state index contributed by atoms with van der Waals surface area (Å²) in [6.07, 6.45) is 6.26. The third-order valence-corrected chi connectivity index (χ3v) is 4.97. The maximum Gasteiger partial charge on any atom is 0.223 e. The monoisotopic (exact) mass is 326 g/mol. The molecule has 4 rings (SSSR count). The van der Waals surface area contributed by atoms with Gasteiger partial charge in [0.05, 0.1) is 24.9 Å². The Labute approximate surface area is 141 Å². The van der Waals surface area contributed by atoms with Crippen LogP contribution in [0.4, 0.5) is 0 Å². The molecule has 1 saturated heterocycles. The van der Waals surface area contributed by atoms with Crippen molar-refractivity contribution in [2.45, 2.75) is 44.2 Å². The van der Waals surface area contributed by atoms with Crippen LogP contribution in [0.25, 0.3) is 11.3 Å². The largest absolute Gasteiger partial charge is 0.441 e. The minimum absolute atomic E-state index is 0.190. The first-order valence-corrected chi connectivity index (χ1v) is 8.72. The molecule has 5 nitrogen and oxygen atoms in total. The second kappa shape index (κ2) is 6.77. The lowest BCUT2D eigenvalue weighted by atomic mass is 10.1. The number of morpholine rings is 1. The van der Waals surface area contributed by atoms with E-state index in [9.17, 15) is 4.79 Å². The van der Waals surface area contributed by atoms with Crippen LogP contribution in [0.2, 0.25) is 0 Å². The first-order chi connectivity index (χ1) is 11.8. The van der Waals surface area contributed by atoms with E-state index in [0.717, 1.165) is 30.6 Å². The van der Waals surface area contributed by atoms with Gasteiger partial charge < -0.3 is 14.1 Å². The second-order valence-electron chi connectivity index (χ2n) is 6.48. The normalized spacial score (nSPS) is 23.2. The van der Waals surface area contributed by atoms with Gasteiger partial charge in [-0.2, -0.15) is 0 Å². The Hall–Kier alpha value is -2.14. The number of carbonyl (C=O) groups is 1. The first kappa shape index (κ1) is 15.4. The van der Waals surface area contributed by atoms with Crippen molar-refractivity contribution >= 4 is 5.91 Å². The van der Waals surface area contributed by atoms with Gasteiger partial charge in [0.1, 0.15) is 0 Å². The van der Waals surface area contributed by atoms with Crippen LogP contribution in [0.1, 0.15) is 31.6 Å². The highest BCUT2D eigenvalue weighted by Gasteiger charge is 2.38. The molecule has 2 heterocycles. The topological polar surface area (TPSA) is 55.6 Å². The quantitative estimate of drug-likeness (QED) is 0.866. The predicted molar refractivity (Wildman–Crippen MR) is 89.4 cm³/mol. The molecule has 2 aliphatic rings. The first-order valence-electron chi connectivity index (χ1n) is 8.72. The standard InChI is InChI=1S/C19H22N2O3/c22-19(21-11-12-23-16-8-4-7-15(16)21)10-9-18-20-13-17(24-18)14-5-2-1-3-6-14/h1-3,5-6,13,15-16H,4,7-12H2/t15-,16+/m1/s1. The zero-order chi connectivity index (χ0) is 16.4. The minimum Gasteiger partial charge on any atom is -0.441 e. The Bertz CT molecular complexity index is 698. The van der Waals surface area contributed by atoms with Crippen LogP contribution in [-0.4, -0.2) is 41.1 Å². The molecule has 1 saturated carbocycles. The van der Waals surface area contributed by atoms with Gasteiger partial charge in [0.2, 0.25) is 5.91 Å². The number of amides is 1. The van der Waals surface area contributed by atoms with Crippen molar-refractivity contribution in [3.63, 3.8) is 0 Å². The highest BCUT2D eigenvalue weighted by molar-refractivity contribution is 5.77. The van der Waals surface area contributed by atoms with Gasteiger partial charge in [0, 0.05) is 24.9 Å². The van der Waals surface area contributed by atoms with Crippen molar-refractivity contribution in [1.29, 1.82) is 0 Å². The zero-order valence-corrected chi connectivity index (χ0v) is 13.7. The summed E-state index contributed by atoms with van der Waals surface area (Å²) in [5.74, 6) is 1.56. The number of hydrogen-bond donors (Lipinski definition) is 0. The van der Waals surface area contributed by atoms with Crippen molar-refractivity contribution < 1.29 is 13.9 Å². The van der Waals surface area contributed by atoms with Gasteiger partial charge in [-0.1, -0.05) is 30.3 Å². The van der Waals surface area contributed by atoms with Gasteiger partial charge in [0.25, 0.3) is 0 Å². The summed E-state index contributed by atoms with van der Waals surface area (Å²) in [5, 5.41) is 0. The molecule has 0 radical (unpaired) electrons. The van der Waals surface area contributed by atoms with E-state index in [1.807, 2.05) is 35.2 Å². The van der Waals surface area contributed by atoms with Gasteiger partial charge in [-0.25, -0.2) is 4.98 Å². The van der Waals surface area contributed by atoms with Gasteiger partial charge in [-0.15, -0.1) is 0 Å². The van der Waals surface area contributed by atoms with E-state index in [1.54, 1.807) is 6.20 Å². The molecule has 0 unspecified atom stereocenters. The van der Waals surface area contributed by atoms with Crippen molar-refractivity contribution in [2.24, 2.45) is 0 Å². The van der Waals surface area contributed by atoms with Gasteiger partial charge >= 0.3 is 0 Å². The number of aryl methyl sites for hydroxylation is 1. The third-order valence-electron chi connectivity index (χ3n) is 4.97. The van der Waals surface area contributed by atoms with Crippen LogP contribution in [-0.2, 0) is 16.0 Å². The van der Waals surface area contributed by atoms with E-state index >= 15 is 0 Å². The van der Waals surface area contributed by atoms with Crippen LogP contribution in [0.5, 0.6) is 0 Å². The number of carbonyl (C=O) groups excluding carboxylic acids is 1. The lowest BCUT2D eigenvalue weighted by Crippen LogP contribution is -2.51. The number of ether oxygens (including phenoxy) is 1.